The number of carboxylic acid groups (broad SMARTS) is 1. The maximum atomic E-state index is 11.7. The van der Waals surface area contributed by atoms with Crippen LogP contribution in [-0.4, -0.2) is 58.2 Å². The van der Waals surface area contributed by atoms with Crippen molar-refractivity contribution in [2.24, 2.45) is 0 Å². The van der Waals surface area contributed by atoms with Gasteiger partial charge in [0.25, 0.3) is 0 Å². The van der Waals surface area contributed by atoms with Crippen LogP contribution >= 0.6 is 12.2 Å². The summed E-state index contributed by atoms with van der Waals surface area (Å²) in [6, 6.07) is 16.0. The fraction of sp³-hybridized carbons (Fsp3) is 0.292. The van der Waals surface area contributed by atoms with Crippen molar-refractivity contribution in [1.82, 2.24) is 20.1 Å². The largest absolute Gasteiger partial charge is 0.478 e. The molecule has 0 bridgehead atoms. The Morgan fingerprint density at radius 3 is 2.69 bits per heavy atom. The van der Waals surface area contributed by atoms with Gasteiger partial charge in [-0.25, -0.2) is 4.79 Å². The number of hydrogen-bond donors (Lipinski definition) is 2. The van der Waals surface area contributed by atoms with Crippen molar-refractivity contribution >= 4 is 23.3 Å². The lowest BCUT2D eigenvalue weighted by Crippen LogP contribution is -2.32. The fourth-order valence-electron chi connectivity index (χ4n) is 4.05. The van der Waals surface area contributed by atoms with E-state index in [-0.39, 0.29) is 17.6 Å². The molecule has 0 saturated carbocycles. The monoisotopic (exact) mass is 450 g/mol. The molecular weight excluding hydrogens is 424 g/mol. The van der Waals surface area contributed by atoms with Gasteiger partial charge < -0.3 is 24.6 Å². The minimum absolute atomic E-state index is 0.170. The zero-order valence-corrected chi connectivity index (χ0v) is 18.9. The van der Waals surface area contributed by atoms with E-state index in [9.17, 15) is 9.90 Å². The molecule has 1 fully saturated rings. The molecule has 166 valence electrons. The van der Waals surface area contributed by atoms with Crippen molar-refractivity contribution in [3.05, 3.63) is 77.8 Å². The van der Waals surface area contributed by atoms with Gasteiger partial charge >= 0.3 is 5.97 Å². The van der Waals surface area contributed by atoms with E-state index < -0.39 is 5.97 Å². The summed E-state index contributed by atoms with van der Waals surface area (Å²) in [6.07, 6.45) is 2.71. The molecule has 3 aromatic rings. The summed E-state index contributed by atoms with van der Waals surface area (Å²) in [6.45, 7) is 1.70. The minimum atomic E-state index is -0.987. The lowest BCUT2D eigenvalue weighted by Gasteiger charge is -2.26. The normalized spacial score (nSPS) is 18.2. The van der Waals surface area contributed by atoms with Crippen LogP contribution in [0.5, 0.6) is 0 Å². The lowest BCUT2D eigenvalue weighted by molar-refractivity contribution is 0.0697. The van der Waals surface area contributed by atoms with Gasteiger partial charge in [0.2, 0.25) is 0 Å². The number of nitrogens with one attached hydrogen (secondary N) is 1. The first-order valence-corrected chi connectivity index (χ1v) is 10.9. The minimum Gasteiger partial charge on any atom is -0.478 e. The molecule has 0 spiro atoms. The Labute approximate surface area is 192 Å². The summed E-state index contributed by atoms with van der Waals surface area (Å²) in [7, 11) is 4.10. The number of thiocarbonyl (C=S) groups is 1. The smallest absolute Gasteiger partial charge is 0.336 e. The first kappa shape index (κ1) is 22.0. The molecule has 7 nitrogen and oxygen atoms in total. The predicted octanol–water partition coefficient (Wildman–Crippen LogP) is 3.96. The number of furan rings is 1. The molecule has 0 amide bonds. The Hall–Kier alpha value is -3.23. The molecule has 32 heavy (non-hydrogen) atoms. The van der Waals surface area contributed by atoms with Gasteiger partial charge in [-0.15, -0.1) is 0 Å². The third-order valence-electron chi connectivity index (χ3n) is 5.54. The first-order valence-electron chi connectivity index (χ1n) is 10.5. The molecule has 2 unspecified atom stereocenters. The van der Waals surface area contributed by atoms with Crippen LogP contribution in [0.4, 0.5) is 0 Å². The standard InChI is InChI=1S/C24H26N4O3S/c1-27(2)14-7-15-28-22(21(26-24(28)32)18-10-5-6-13-25-18)20-12-11-19(31-20)16-8-3-4-9-17(16)23(29)30/h3-6,8-13,21-22H,7,14-15H2,1-2H3,(H,26,32)(H,29,30). The Bertz CT molecular complexity index is 1100. The van der Waals surface area contributed by atoms with Gasteiger partial charge in [-0.1, -0.05) is 24.3 Å². The summed E-state index contributed by atoms with van der Waals surface area (Å²) in [5.74, 6) is 0.246. The van der Waals surface area contributed by atoms with Gasteiger partial charge in [-0.3, -0.25) is 4.98 Å². The van der Waals surface area contributed by atoms with Gasteiger partial charge in [0.1, 0.15) is 17.6 Å². The van der Waals surface area contributed by atoms with Gasteiger partial charge in [0.15, 0.2) is 5.11 Å². The average Bonchev–Trinajstić information content (AvgIpc) is 3.39. The summed E-state index contributed by atoms with van der Waals surface area (Å²) in [5, 5.41) is 13.6. The van der Waals surface area contributed by atoms with E-state index in [1.807, 2.05) is 44.4 Å². The summed E-state index contributed by atoms with van der Waals surface area (Å²) in [4.78, 5) is 20.5. The number of aromatic nitrogens is 1. The number of rotatable bonds is 8. The van der Waals surface area contributed by atoms with E-state index in [1.165, 1.54) is 0 Å². The molecule has 8 heteroatoms. The zero-order valence-electron chi connectivity index (χ0n) is 18.1. The molecule has 0 aliphatic carbocycles. The van der Waals surface area contributed by atoms with Crippen LogP contribution in [0.3, 0.4) is 0 Å². The molecule has 2 N–H and O–H groups in total. The van der Waals surface area contributed by atoms with Gasteiger partial charge in [0, 0.05) is 18.3 Å². The van der Waals surface area contributed by atoms with Gasteiger partial charge in [-0.2, -0.15) is 0 Å². The van der Waals surface area contributed by atoms with Crippen LogP contribution in [0.2, 0.25) is 0 Å². The molecule has 0 radical (unpaired) electrons. The van der Waals surface area contributed by atoms with Crippen LogP contribution in [0.25, 0.3) is 11.3 Å². The Morgan fingerprint density at radius 1 is 1.19 bits per heavy atom. The quantitative estimate of drug-likeness (QED) is 0.499. The van der Waals surface area contributed by atoms with Crippen LogP contribution < -0.4 is 5.32 Å². The number of benzene rings is 1. The highest BCUT2D eigenvalue weighted by Gasteiger charge is 2.41. The predicted molar refractivity (Wildman–Crippen MR) is 126 cm³/mol. The number of pyridine rings is 1. The molecule has 1 aliphatic heterocycles. The second-order valence-corrected chi connectivity index (χ2v) is 8.42. The van der Waals surface area contributed by atoms with Crippen molar-refractivity contribution in [1.29, 1.82) is 0 Å². The van der Waals surface area contributed by atoms with Crippen LogP contribution in [-0.2, 0) is 0 Å². The maximum absolute atomic E-state index is 11.7. The van der Waals surface area contributed by atoms with Crippen molar-refractivity contribution in [2.45, 2.75) is 18.5 Å². The topological polar surface area (TPSA) is 81.8 Å². The molecule has 1 aromatic carbocycles. The van der Waals surface area contributed by atoms with E-state index in [1.54, 1.807) is 30.5 Å². The lowest BCUT2D eigenvalue weighted by atomic mass is 10.0. The zero-order chi connectivity index (χ0) is 22.7. The Morgan fingerprint density at radius 2 is 1.97 bits per heavy atom. The maximum Gasteiger partial charge on any atom is 0.336 e. The molecule has 1 saturated heterocycles. The van der Waals surface area contributed by atoms with Crippen LogP contribution in [0.15, 0.2) is 65.2 Å². The molecule has 3 heterocycles. The van der Waals surface area contributed by atoms with Gasteiger partial charge in [-0.05, 0) is 69.6 Å². The van der Waals surface area contributed by atoms with Crippen molar-refractivity contribution in [3.8, 4) is 11.3 Å². The number of carboxylic acids is 1. The van der Waals surface area contributed by atoms with Crippen LogP contribution in [0, 0.1) is 0 Å². The van der Waals surface area contributed by atoms with E-state index >= 15 is 0 Å². The summed E-state index contributed by atoms with van der Waals surface area (Å²) >= 11 is 5.68. The molecular formula is C24H26N4O3S. The van der Waals surface area contributed by atoms with Crippen molar-refractivity contribution in [2.75, 3.05) is 27.2 Å². The van der Waals surface area contributed by atoms with E-state index in [2.05, 4.69) is 20.1 Å². The molecule has 1 aliphatic rings. The molecule has 4 rings (SSSR count). The average molecular weight is 451 g/mol. The number of hydrogen-bond acceptors (Lipinski definition) is 5. The number of nitrogens with zero attached hydrogens (tertiary/aromatic N) is 3. The fourth-order valence-corrected chi connectivity index (χ4v) is 4.39. The molecule has 2 aromatic heterocycles. The van der Waals surface area contributed by atoms with Crippen molar-refractivity contribution < 1.29 is 14.3 Å². The third kappa shape index (κ3) is 4.51. The van der Waals surface area contributed by atoms with Gasteiger partial charge in [0.05, 0.1) is 17.3 Å². The first-order chi connectivity index (χ1) is 15.5. The highest BCUT2D eigenvalue weighted by Crippen LogP contribution is 2.40. The highest BCUT2D eigenvalue weighted by atomic mass is 32.1. The molecule has 2 atom stereocenters. The Kier molecular flexibility index (Phi) is 6.53. The number of aromatic carboxylic acids is 1. The van der Waals surface area contributed by atoms with E-state index in [0.717, 1.165) is 25.2 Å². The number of carbonyl (C=O) groups is 1. The Balaban J connectivity index is 1.70. The van der Waals surface area contributed by atoms with E-state index in [0.29, 0.717) is 22.2 Å². The SMILES string of the molecule is CN(C)CCCN1C(=S)NC(c2ccccn2)C1c1ccc(-c2ccccc2C(=O)O)o1. The summed E-state index contributed by atoms with van der Waals surface area (Å²) < 4.78 is 6.26. The van der Waals surface area contributed by atoms with E-state index in [4.69, 9.17) is 16.6 Å². The second-order valence-electron chi connectivity index (χ2n) is 8.03. The second kappa shape index (κ2) is 9.50. The highest BCUT2D eigenvalue weighted by molar-refractivity contribution is 7.80. The van der Waals surface area contributed by atoms with Crippen molar-refractivity contribution in [3.63, 3.8) is 0 Å². The summed E-state index contributed by atoms with van der Waals surface area (Å²) in [5.41, 5.74) is 1.63. The third-order valence-corrected chi connectivity index (χ3v) is 5.90. The van der Waals surface area contributed by atoms with Crippen LogP contribution in [0.1, 0.15) is 40.3 Å².